The molecule has 0 aliphatic carbocycles. The molecule has 1 N–H and O–H groups in total. The summed E-state index contributed by atoms with van der Waals surface area (Å²) in [6.45, 7) is 0. The van der Waals surface area contributed by atoms with Gasteiger partial charge in [-0.3, -0.25) is 0 Å². The highest BCUT2D eigenvalue weighted by molar-refractivity contribution is 5.89. The Labute approximate surface area is 298 Å². The molecule has 3 aliphatic heterocycles. The van der Waals surface area contributed by atoms with E-state index in [9.17, 15) is 0 Å². The highest BCUT2D eigenvalue weighted by Crippen LogP contribution is 2.52. The van der Waals surface area contributed by atoms with Crippen molar-refractivity contribution in [2.75, 3.05) is 15.1 Å². The van der Waals surface area contributed by atoms with Gasteiger partial charge in [-0.05, 0) is 91.0 Å². The van der Waals surface area contributed by atoms with Crippen LogP contribution in [-0.4, -0.2) is 4.98 Å². The molecule has 7 aromatic carbocycles. The van der Waals surface area contributed by atoms with Crippen LogP contribution in [0, 0.1) is 0 Å². The van der Waals surface area contributed by atoms with Gasteiger partial charge in [-0.25, -0.2) is 4.98 Å². The first-order chi connectivity index (χ1) is 25.7. The third-order valence-electron chi connectivity index (χ3n) is 9.71. The summed E-state index contributed by atoms with van der Waals surface area (Å²) in [4.78, 5) is 9.30. The molecule has 4 heterocycles. The molecule has 11 rings (SSSR count). The van der Waals surface area contributed by atoms with Crippen LogP contribution in [0.2, 0.25) is 0 Å². The summed E-state index contributed by atoms with van der Waals surface area (Å²) in [5.74, 6) is 4.55. The molecule has 8 heteroatoms. The van der Waals surface area contributed by atoms with Crippen molar-refractivity contribution in [1.29, 1.82) is 0 Å². The van der Waals surface area contributed by atoms with E-state index in [0.717, 1.165) is 85.2 Å². The van der Waals surface area contributed by atoms with Crippen molar-refractivity contribution in [1.82, 2.24) is 4.98 Å². The second-order valence-electron chi connectivity index (χ2n) is 12.9. The quantitative estimate of drug-likeness (QED) is 0.197. The number of hydrogen-bond donors (Lipinski definition) is 1. The summed E-state index contributed by atoms with van der Waals surface area (Å²) in [5, 5.41) is 3.53. The topological polar surface area (TPSA) is 72.2 Å². The number of ether oxygens (including phenoxy) is 3. The van der Waals surface area contributed by atoms with Gasteiger partial charge in [0.05, 0.1) is 28.4 Å². The predicted octanol–water partition coefficient (Wildman–Crippen LogP) is 12.1. The van der Waals surface area contributed by atoms with Crippen LogP contribution >= 0.6 is 0 Å². The zero-order valence-corrected chi connectivity index (χ0v) is 27.6. The largest absolute Gasteiger partial charge is 0.464 e. The Morgan fingerprint density at radius 3 is 1.50 bits per heavy atom. The van der Waals surface area contributed by atoms with Crippen molar-refractivity contribution < 1.29 is 18.6 Å². The Balaban J connectivity index is 0.845. The lowest BCUT2D eigenvalue weighted by Gasteiger charge is -2.32. The number of aromatic nitrogens is 1. The Morgan fingerprint density at radius 1 is 0.500 bits per heavy atom. The maximum Gasteiger partial charge on any atom is 0.227 e. The number of nitrogens with one attached hydrogen (secondary N) is 1. The van der Waals surface area contributed by atoms with Gasteiger partial charge in [0.25, 0.3) is 0 Å². The Hall–Kier alpha value is -7.19. The van der Waals surface area contributed by atoms with Crippen LogP contribution in [0.5, 0.6) is 28.7 Å². The second kappa shape index (κ2) is 11.2. The molecule has 0 bridgehead atoms. The van der Waals surface area contributed by atoms with Crippen LogP contribution in [0.3, 0.4) is 0 Å². The lowest BCUT2D eigenvalue weighted by atomic mass is 10.1. The molecule has 8 aromatic rings. The van der Waals surface area contributed by atoms with E-state index in [2.05, 4.69) is 75.8 Å². The molecular weight excluding hydrogens is 649 g/mol. The lowest BCUT2D eigenvalue weighted by molar-refractivity contribution is 0.260. The van der Waals surface area contributed by atoms with Crippen molar-refractivity contribution in [3.63, 3.8) is 0 Å². The van der Waals surface area contributed by atoms with Crippen LogP contribution in [0.1, 0.15) is 11.8 Å². The molecule has 0 amide bonds. The van der Waals surface area contributed by atoms with E-state index in [1.165, 1.54) is 0 Å². The van der Waals surface area contributed by atoms with Crippen LogP contribution in [0.25, 0.3) is 22.6 Å². The zero-order valence-electron chi connectivity index (χ0n) is 27.6. The highest BCUT2D eigenvalue weighted by atomic mass is 16.5. The van der Waals surface area contributed by atoms with Gasteiger partial charge in [0.15, 0.2) is 34.8 Å². The fourth-order valence-electron chi connectivity index (χ4n) is 7.25. The van der Waals surface area contributed by atoms with E-state index >= 15 is 0 Å². The van der Waals surface area contributed by atoms with E-state index in [1.54, 1.807) is 0 Å². The van der Waals surface area contributed by atoms with Crippen molar-refractivity contribution in [2.45, 2.75) is 6.23 Å². The fourth-order valence-corrected chi connectivity index (χ4v) is 7.25. The summed E-state index contributed by atoms with van der Waals surface area (Å²) in [7, 11) is 0. The number of rotatable bonds is 4. The van der Waals surface area contributed by atoms with Crippen molar-refractivity contribution >= 4 is 50.9 Å². The van der Waals surface area contributed by atoms with Gasteiger partial charge < -0.3 is 33.7 Å². The first kappa shape index (κ1) is 28.6. The number of para-hydroxylation sites is 8. The number of anilines is 7. The Bertz CT molecular complexity index is 2540. The number of nitrogens with zero attached hydrogens (tertiary/aromatic N) is 3. The third-order valence-corrected chi connectivity index (χ3v) is 9.71. The first-order valence-electron chi connectivity index (χ1n) is 17.1. The SMILES string of the molecule is c1ccc2c(c1)Oc1ccccc1N2c1ccc(-c2nc3cc4c(cc3o2)OC(c2ccc(N3c5ccccc5Oc5ccccc53)cc2)N4)cc1. The number of benzene rings is 7. The zero-order chi connectivity index (χ0) is 34.2. The molecule has 8 nitrogen and oxygen atoms in total. The monoisotopic (exact) mass is 676 g/mol. The van der Waals surface area contributed by atoms with Crippen LogP contribution in [0.4, 0.5) is 39.8 Å². The van der Waals surface area contributed by atoms with E-state index in [0.29, 0.717) is 11.5 Å². The van der Waals surface area contributed by atoms with Gasteiger partial charge in [-0.15, -0.1) is 0 Å². The number of hydrogen-bond acceptors (Lipinski definition) is 8. The normalized spacial score (nSPS) is 14.9. The summed E-state index contributed by atoms with van der Waals surface area (Å²) >= 11 is 0. The molecule has 1 atom stereocenters. The fraction of sp³-hybridized carbons (Fsp3) is 0.0227. The minimum absolute atomic E-state index is 0.345. The summed E-state index contributed by atoms with van der Waals surface area (Å²) < 4.78 is 25.1. The summed E-state index contributed by atoms with van der Waals surface area (Å²) in [6.07, 6.45) is -0.345. The van der Waals surface area contributed by atoms with Crippen molar-refractivity contribution in [3.05, 3.63) is 163 Å². The van der Waals surface area contributed by atoms with Gasteiger partial charge in [0.2, 0.25) is 5.89 Å². The average Bonchev–Trinajstić information content (AvgIpc) is 3.82. The van der Waals surface area contributed by atoms with E-state index in [-0.39, 0.29) is 6.23 Å². The maximum atomic E-state index is 6.41. The maximum absolute atomic E-state index is 6.41. The van der Waals surface area contributed by atoms with Gasteiger partial charge >= 0.3 is 0 Å². The predicted molar refractivity (Wildman–Crippen MR) is 202 cm³/mol. The lowest BCUT2D eigenvalue weighted by Crippen LogP contribution is -2.16. The minimum atomic E-state index is -0.345. The van der Waals surface area contributed by atoms with E-state index in [1.807, 2.05) is 97.1 Å². The van der Waals surface area contributed by atoms with Crippen LogP contribution in [0.15, 0.2) is 162 Å². The molecule has 0 saturated carbocycles. The molecule has 0 spiro atoms. The van der Waals surface area contributed by atoms with Gasteiger partial charge in [0, 0.05) is 28.6 Å². The van der Waals surface area contributed by atoms with E-state index < -0.39 is 0 Å². The molecule has 0 saturated heterocycles. The summed E-state index contributed by atoms with van der Waals surface area (Å²) in [5.41, 5.74) is 10.2. The van der Waals surface area contributed by atoms with Crippen molar-refractivity contribution in [3.8, 4) is 40.2 Å². The highest BCUT2D eigenvalue weighted by Gasteiger charge is 2.29. The third kappa shape index (κ3) is 4.51. The van der Waals surface area contributed by atoms with Gasteiger partial charge in [0.1, 0.15) is 11.3 Å². The van der Waals surface area contributed by atoms with Crippen molar-refractivity contribution in [2.24, 2.45) is 0 Å². The molecule has 1 aromatic heterocycles. The molecular formula is C44H28N4O4. The van der Waals surface area contributed by atoms with Crippen LogP contribution in [-0.2, 0) is 0 Å². The van der Waals surface area contributed by atoms with Crippen LogP contribution < -0.4 is 29.3 Å². The molecule has 3 aliphatic rings. The van der Waals surface area contributed by atoms with E-state index in [4.69, 9.17) is 23.6 Å². The second-order valence-corrected chi connectivity index (χ2v) is 12.9. The number of fused-ring (bicyclic) bond motifs is 6. The number of oxazole rings is 1. The molecule has 248 valence electrons. The molecule has 52 heavy (non-hydrogen) atoms. The molecule has 0 fully saturated rings. The minimum Gasteiger partial charge on any atom is -0.464 e. The van der Waals surface area contributed by atoms with Gasteiger partial charge in [-0.1, -0.05) is 60.7 Å². The Kier molecular flexibility index (Phi) is 6.15. The Morgan fingerprint density at radius 2 is 0.981 bits per heavy atom. The smallest absolute Gasteiger partial charge is 0.227 e. The average molecular weight is 677 g/mol. The molecule has 0 radical (unpaired) electrons. The van der Waals surface area contributed by atoms with Gasteiger partial charge in [-0.2, -0.15) is 0 Å². The summed E-state index contributed by atoms with van der Waals surface area (Å²) in [6, 6.07) is 52.9. The molecule has 1 unspecified atom stereocenters. The standard InChI is InChI=1S/C44H28N4O4/c1-5-13-37-33(9-1)47(34-10-2-6-14-38(34)49-37)29-21-17-27(18-22-29)43-45-31-25-32-42(26-41(31)51-43)52-44(46-32)28-19-23-30(24-20-28)48-35-11-3-7-15-39(35)50-40-16-8-4-12-36(40)48/h1-26,43,45H. The first-order valence-corrected chi connectivity index (χ1v) is 17.1.